The van der Waals surface area contributed by atoms with Crippen LogP contribution in [0.1, 0.15) is 19.8 Å². The number of hydrogen-bond donors (Lipinski definition) is 0. The Hall–Kier alpha value is -1.89. The smallest absolute Gasteiger partial charge is 0.185 e. The Morgan fingerprint density at radius 2 is 1.78 bits per heavy atom. The van der Waals surface area contributed by atoms with Gasteiger partial charge in [0.15, 0.2) is 11.5 Å². The van der Waals surface area contributed by atoms with E-state index in [1.807, 2.05) is 24.3 Å². The number of hydrogen-bond acceptors (Lipinski definition) is 5. The van der Waals surface area contributed by atoms with E-state index >= 15 is 0 Å². The van der Waals surface area contributed by atoms with Gasteiger partial charge in [0.2, 0.25) is 0 Å². The molecule has 8 heteroatoms. The average molecular weight is 405 g/mol. The maximum absolute atomic E-state index is 6.15. The molecule has 0 N–H and O–H groups in total. The average Bonchev–Trinajstić information content (AvgIpc) is 2.92. The van der Waals surface area contributed by atoms with E-state index in [0.29, 0.717) is 21.5 Å². The van der Waals surface area contributed by atoms with Gasteiger partial charge in [0.1, 0.15) is 5.82 Å². The lowest BCUT2D eigenvalue weighted by Crippen LogP contribution is -2.31. The number of benzene rings is 1. The molecule has 0 radical (unpaired) electrons. The van der Waals surface area contributed by atoms with Crippen molar-refractivity contribution in [3.63, 3.8) is 0 Å². The van der Waals surface area contributed by atoms with Crippen molar-refractivity contribution in [2.75, 3.05) is 37.6 Å². The Labute approximate surface area is 168 Å². The molecule has 3 aromatic rings. The second-order valence-electron chi connectivity index (χ2n) is 6.83. The van der Waals surface area contributed by atoms with Crippen molar-refractivity contribution in [3.05, 3.63) is 40.4 Å². The quantitative estimate of drug-likeness (QED) is 0.656. The predicted octanol–water partition coefficient (Wildman–Crippen LogP) is 4.02. The lowest BCUT2D eigenvalue weighted by Gasteiger charge is -2.22. The summed E-state index contributed by atoms with van der Waals surface area (Å²) in [6, 6.07) is 9.33. The molecule has 27 heavy (non-hydrogen) atoms. The first-order chi connectivity index (χ1) is 13.1. The predicted molar refractivity (Wildman–Crippen MR) is 110 cm³/mol. The normalized spacial score (nSPS) is 16.0. The van der Waals surface area contributed by atoms with Crippen molar-refractivity contribution in [1.29, 1.82) is 0 Å². The van der Waals surface area contributed by atoms with Crippen LogP contribution in [0.25, 0.3) is 17.0 Å². The summed E-state index contributed by atoms with van der Waals surface area (Å²) < 4.78 is 1.77. The lowest BCUT2D eigenvalue weighted by molar-refractivity contribution is 0.294. The van der Waals surface area contributed by atoms with E-state index < -0.39 is 0 Å². The van der Waals surface area contributed by atoms with Gasteiger partial charge in [0, 0.05) is 35.2 Å². The minimum atomic E-state index is 0.564. The Morgan fingerprint density at radius 3 is 2.56 bits per heavy atom. The summed E-state index contributed by atoms with van der Waals surface area (Å²) in [5, 5.41) is 14.5. The van der Waals surface area contributed by atoms with Gasteiger partial charge in [-0.15, -0.1) is 15.3 Å². The van der Waals surface area contributed by atoms with Crippen LogP contribution in [0.2, 0.25) is 10.0 Å². The van der Waals surface area contributed by atoms with Crippen molar-refractivity contribution in [3.8, 4) is 11.4 Å². The summed E-state index contributed by atoms with van der Waals surface area (Å²) in [5.41, 5.74) is 1.50. The highest BCUT2D eigenvalue weighted by atomic mass is 35.5. The number of rotatable bonds is 4. The second-order valence-corrected chi connectivity index (χ2v) is 7.70. The Morgan fingerprint density at radius 1 is 0.963 bits per heavy atom. The third kappa shape index (κ3) is 4.03. The molecule has 6 nitrogen and oxygen atoms in total. The highest BCUT2D eigenvalue weighted by molar-refractivity contribution is 6.35. The van der Waals surface area contributed by atoms with Gasteiger partial charge in [-0.1, -0.05) is 30.1 Å². The molecule has 2 aromatic heterocycles. The standard InChI is InChI=1S/C19H22Cl2N6/c1-2-6-25-7-3-8-26(10-9-25)18-5-4-17-22-23-19(27(17)24-18)14-11-15(20)13-16(21)12-14/h4-5,11-13H,2-3,6-10H2,1H3. The fourth-order valence-electron chi connectivity index (χ4n) is 3.55. The summed E-state index contributed by atoms with van der Waals surface area (Å²) in [5.74, 6) is 1.58. The lowest BCUT2D eigenvalue weighted by atomic mass is 10.2. The first-order valence-electron chi connectivity index (χ1n) is 9.30. The summed E-state index contributed by atoms with van der Waals surface area (Å²) in [7, 11) is 0. The third-order valence-corrected chi connectivity index (χ3v) is 5.26. The zero-order valence-electron chi connectivity index (χ0n) is 15.3. The molecule has 1 saturated heterocycles. The van der Waals surface area contributed by atoms with Crippen molar-refractivity contribution in [2.24, 2.45) is 0 Å². The number of aromatic nitrogens is 4. The van der Waals surface area contributed by atoms with E-state index in [1.54, 1.807) is 10.6 Å². The molecule has 0 aliphatic carbocycles. The molecule has 1 fully saturated rings. The summed E-state index contributed by atoms with van der Waals surface area (Å²) in [6.45, 7) is 7.56. The van der Waals surface area contributed by atoms with Crippen LogP contribution < -0.4 is 4.90 Å². The molecular formula is C19H22Cl2N6. The van der Waals surface area contributed by atoms with E-state index in [9.17, 15) is 0 Å². The Kier molecular flexibility index (Phi) is 5.48. The van der Waals surface area contributed by atoms with E-state index in [-0.39, 0.29) is 0 Å². The topological polar surface area (TPSA) is 49.6 Å². The van der Waals surface area contributed by atoms with Gasteiger partial charge < -0.3 is 9.80 Å². The molecule has 3 heterocycles. The van der Waals surface area contributed by atoms with Crippen LogP contribution in [0.15, 0.2) is 30.3 Å². The molecule has 0 unspecified atom stereocenters. The third-order valence-electron chi connectivity index (χ3n) is 4.82. The van der Waals surface area contributed by atoms with Crippen LogP contribution >= 0.6 is 23.2 Å². The number of fused-ring (bicyclic) bond motifs is 1. The summed E-state index contributed by atoms with van der Waals surface area (Å²) >= 11 is 12.3. The molecule has 0 bridgehead atoms. The van der Waals surface area contributed by atoms with Crippen molar-refractivity contribution in [1.82, 2.24) is 24.7 Å². The second kappa shape index (κ2) is 8.00. The van der Waals surface area contributed by atoms with Gasteiger partial charge in [-0.25, -0.2) is 0 Å². The molecule has 4 rings (SSSR count). The summed E-state index contributed by atoms with van der Waals surface area (Å²) in [6.07, 6.45) is 2.33. The first kappa shape index (κ1) is 18.5. The molecule has 1 aliphatic heterocycles. The van der Waals surface area contributed by atoms with Crippen molar-refractivity contribution < 1.29 is 0 Å². The molecule has 1 aromatic carbocycles. The molecule has 0 amide bonds. The fourth-order valence-corrected chi connectivity index (χ4v) is 4.08. The molecule has 0 atom stereocenters. The van der Waals surface area contributed by atoms with Gasteiger partial charge in [0.25, 0.3) is 0 Å². The minimum Gasteiger partial charge on any atom is -0.354 e. The van der Waals surface area contributed by atoms with Crippen LogP contribution in [-0.4, -0.2) is 57.4 Å². The van der Waals surface area contributed by atoms with Crippen LogP contribution in [0.4, 0.5) is 5.82 Å². The molecule has 142 valence electrons. The fraction of sp³-hybridized carbons (Fsp3) is 0.421. The molecule has 0 spiro atoms. The SMILES string of the molecule is CCCN1CCCN(c2ccc3nnc(-c4cc(Cl)cc(Cl)c4)n3n2)CC1. The Bertz CT molecular complexity index is 921. The van der Waals surface area contributed by atoms with Gasteiger partial charge >= 0.3 is 0 Å². The monoisotopic (exact) mass is 404 g/mol. The van der Waals surface area contributed by atoms with E-state index in [4.69, 9.17) is 28.3 Å². The highest BCUT2D eigenvalue weighted by Gasteiger charge is 2.17. The zero-order chi connectivity index (χ0) is 18.8. The van der Waals surface area contributed by atoms with Crippen LogP contribution in [0.3, 0.4) is 0 Å². The summed E-state index contributed by atoms with van der Waals surface area (Å²) in [4.78, 5) is 4.86. The van der Waals surface area contributed by atoms with Gasteiger partial charge in [0.05, 0.1) is 0 Å². The van der Waals surface area contributed by atoms with Gasteiger partial charge in [-0.05, 0) is 56.3 Å². The number of halogens is 2. The molecular weight excluding hydrogens is 383 g/mol. The van der Waals surface area contributed by atoms with Gasteiger partial charge in [-0.2, -0.15) is 4.52 Å². The van der Waals surface area contributed by atoms with Crippen LogP contribution in [0.5, 0.6) is 0 Å². The van der Waals surface area contributed by atoms with E-state index in [2.05, 4.69) is 26.9 Å². The van der Waals surface area contributed by atoms with Gasteiger partial charge in [-0.3, -0.25) is 0 Å². The van der Waals surface area contributed by atoms with Crippen LogP contribution in [-0.2, 0) is 0 Å². The maximum Gasteiger partial charge on any atom is 0.185 e. The van der Waals surface area contributed by atoms with E-state index in [1.165, 1.54) is 6.42 Å². The van der Waals surface area contributed by atoms with Crippen molar-refractivity contribution in [2.45, 2.75) is 19.8 Å². The van der Waals surface area contributed by atoms with E-state index in [0.717, 1.165) is 50.5 Å². The number of nitrogens with zero attached hydrogens (tertiary/aromatic N) is 6. The van der Waals surface area contributed by atoms with Crippen molar-refractivity contribution >= 4 is 34.7 Å². The molecule has 1 aliphatic rings. The molecule has 0 saturated carbocycles. The first-order valence-corrected chi connectivity index (χ1v) is 10.1. The maximum atomic E-state index is 6.15. The largest absolute Gasteiger partial charge is 0.354 e. The highest BCUT2D eigenvalue weighted by Crippen LogP contribution is 2.26. The number of anilines is 1. The zero-order valence-corrected chi connectivity index (χ0v) is 16.8. The minimum absolute atomic E-state index is 0.564. The van der Waals surface area contributed by atoms with Crippen LogP contribution in [0, 0.1) is 0 Å². The Balaban J connectivity index is 1.66.